The van der Waals surface area contributed by atoms with E-state index in [1.807, 2.05) is 0 Å². The number of carbonyl (C=O) groups is 1. The maximum Gasteiger partial charge on any atom is 0.418 e. The van der Waals surface area contributed by atoms with E-state index in [1.54, 1.807) is 0 Å². The van der Waals surface area contributed by atoms with Crippen LogP contribution in [-0.4, -0.2) is 19.2 Å². The van der Waals surface area contributed by atoms with Crippen molar-refractivity contribution in [3.05, 3.63) is 29.8 Å². The molecule has 3 N–H and O–H groups in total. The number of halogens is 3. The normalized spacial score (nSPS) is 11.1. The number of amides is 1. The molecule has 1 aromatic rings. The summed E-state index contributed by atoms with van der Waals surface area (Å²) in [5, 5.41) is 2.05. The van der Waals surface area contributed by atoms with Crippen LogP contribution in [-0.2, 0) is 10.9 Å². The van der Waals surface area contributed by atoms with Gasteiger partial charge in [0.1, 0.15) is 0 Å². The van der Waals surface area contributed by atoms with Gasteiger partial charge in [-0.1, -0.05) is 12.1 Å². The molecule has 0 aliphatic rings. The van der Waals surface area contributed by atoms with Gasteiger partial charge in [0.2, 0.25) is 0 Å². The summed E-state index contributed by atoms with van der Waals surface area (Å²) in [6, 6.07) is 4.68. The first-order valence-electron chi connectivity index (χ1n) is 5.25. The molecule has 0 aliphatic carbocycles. The number of para-hydroxylation sites is 1. The highest BCUT2D eigenvalue weighted by Gasteiger charge is 2.33. The Balaban J connectivity index is 2.70. The molecule has 7 heteroatoms. The topological polar surface area (TPSA) is 64.3 Å². The Hall–Kier alpha value is -1.76. The third kappa shape index (κ3) is 4.25. The van der Waals surface area contributed by atoms with Gasteiger partial charge in [0.25, 0.3) is 0 Å². The lowest BCUT2D eigenvalue weighted by molar-refractivity contribution is -0.136. The molecule has 0 heterocycles. The second-order valence-corrected chi connectivity index (χ2v) is 3.45. The van der Waals surface area contributed by atoms with Crippen LogP contribution >= 0.6 is 0 Å². The Bertz CT molecular complexity index is 408. The highest BCUT2D eigenvalue weighted by atomic mass is 19.4. The summed E-state index contributed by atoms with van der Waals surface area (Å²) in [7, 11) is 0. The van der Waals surface area contributed by atoms with Crippen LogP contribution in [0.1, 0.15) is 12.0 Å². The molecule has 0 saturated carbocycles. The van der Waals surface area contributed by atoms with E-state index in [4.69, 9.17) is 5.73 Å². The highest BCUT2D eigenvalue weighted by molar-refractivity contribution is 5.85. The second-order valence-electron chi connectivity index (χ2n) is 3.45. The van der Waals surface area contributed by atoms with Crippen molar-refractivity contribution in [2.45, 2.75) is 12.6 Å². The Labute approximate surface area is 102 Å². The van der Waals surface area contributed by atoms with Crippen molar-refractivity contribution in [2.75, 3.05) is 18.5 Å². The van der Waals surface area contributed by atoms with Gasteiger partial charge in [-0.3, -0.25) is 5.32 Å². The molecule has 0 atom stereocenters. The van der Waals surface area contributed by atoms with Crippen molar-refractivity contribution in [1.82, 2.24) is 0 Å². The largest absolute Gasteiger partial charge is 0.449 e. The Morgan fingerprint density at radius 3 is 2.61 bits per heavy atom. The summed E-state index contributed by atoms with van der Waals surface area (Å²) >= 11 is 0. The molecule has 1 aromatic carbocycles. The lowest BCUT2D eigenvalue weighted by Crippen LogP contribution is -2.18. The number of benzene rings is 1. The van der Waals surface area contributed by atoms with E-state index < -0.39 is 17.8 Å². The standard InChI is InChI=1S/C11H13F3N2O2/c12-11(13,14)8-4-1-2-5-9(8)16-10(17)18-7-3-6-15/h1-2,4-5H,3,6-7,15H2,(H,16,17). The fourth-order valence-electron chi connectivity index (χ4n) is 1.23. The molecule has 4 nitrogen and oxygen atoms in total. The van der Waals surface area contributed by atoms with Gasteiger partial charge in [-0.05, 0) is 25.1 Å². The molecule has 0 spiro atoms. The molecule has 1 amide bonds. The van der Waals surface area contributed by atoms with Gasteiger partial charge in [-0.15, -0.1) is 0 Å². The van der Waals surface area contributed by atoms with Crippen LogP contribution in [0.4, 0.5) is 23.7 Å². The first-order chi connectivity index (χ1) is 8.45. The lowest BCUT2D eigenvalue weighted by Gasteiger charge is -2.13. The number of hydrogen-bond donors (Lipinski definition) is 2. The molecule has 18 heavy (non-hydrogen) atoms. The monoisotopic (exact) mass is 262 g/mol. The Morgan fingerprint density at radius 1 is 1.33 bits per heavy atom. The van der Waals surface area contributed by atoms with E-state index in [0.29, 0.717) is 13.0 Å². The molecule has 0 radical (unpaired) electrons. The summed E-state index contributed by atoms with van der Waals surface area (Å²) in [5.41, 5.74) is 3.94. The number of carbonyl (C=O) groups excluding carboxylic acids is 1. The molecule has 0 saturated heterocycles. The predicted octanol–water partition coefficient (Wildman–Crippen LogP) is 2.60. The number of nitrogens with one attached hydrogen (secondary N) is 1. The Kier molecular flexibility index (Phi) is 4.96. The quantitative estimate of drug-likeness (QED) is 0.820. The molecule has 100 valence electrons. The maximum absolute atomic E-state index is 12.6. The van der Waals surface area contributed by atoms with Gasteiger partial charge in [-0.25, -0.2) is 4.79 Å². The number of nitrogens with two attached hydrogens (primary N) is 1. The van der Waals surface area contributed by atoms with Crippen molar-refractivity contribution >= 4 is 11.8 Å². The van der Waals surface area contributed by atoms with Gasteiger partial charge >= 0.3 is 12.3 Å². The molecular weight excluding hydrogens is 249 g/mol. The Morgan fingerprint density at radius 2 is 2.00 bits per heavy atom. The summed E-state index contributed by atoms with van der Waals surface area (Å²) in [5.74, 6) is 0. The average Bonchev–Trinajstić information content (AvgIpc) is 2.28. The van der Waals surface area contributed by atoms with E-state index in [2.05, 4.69) is 10.1 Å². The summed E-state index contributed by atoms with van der Waals surface area (Å²) in [4.78, 5) is 11.2. The first-order valence-corrected chi connectivity index (χ1v) is 5.25. The molecular formula is C11H13F3N2O2. The molecule has 0 aliphatic heterocycles. The molecule has 0 aromatic heterocycles. The predicted molar refractivity (Wildman–Crippen MR) is 60.1 cm³/mol. The zero-order valence-electron chi connectivity index (χ0n) is 9.46. The minimum absolute atomic E-state index is 0.0660. The van der Waals surface area contributed by atoms with Gasteiger partial charge < -0.3 is 10.5 Å². The van der Waals surface area contributed by atoms with Crippen LogP contribution in [0.2, 0.25) is 0 Å². The van der Waals surface area contributed by atoms with Gasteiger partial charge in [0.05, 0.1) is 17.9 Å². The summed E-state index contributed by atoms with van der Waals surface area (Å²) in [6.07, 6.45) is -5.00. The van der Waals surface area contributed by atoms with E-state index in [1.165, 1.54) is 12.1 Å². The minimum Gasteiger partial charge on any atom is -0.449 e. The molecule has 0 bridgehead atoms. The molecule has 1 rings (SSSR count). The molecule has 0 unspecified atom stereocenters. The zero-order valence-corrected chi connectivity index (χ0v) is 9.46. The summed E-state index contributed by atoms with van der Waals surface area (Å²) < 4.78 is 42.4. The van der Waals surface area contributed by atoms with E-state index in [9.17, 15) is 18.0 Å². The van der Waals surface area contributed by atoms with Crippen LogP contribution in [0.25, 0.3) is 0 Å². The van der Waals surface area contributed by atoms with E-state index >= 15 is 0 Å². The SMILES string of the molecule is NCCCOC(=O)Nc1ccccc1C(F)(F)F. The fourth-order valence-corrected chi connectivity index (χ4v) is 1.23. The van der Waals surface area contributed by atoms with Crippen molar-refractivity contribution in [3.63, 3.8) is 0 Å². The number of hydrogen-bond acceptors (Lipinski definition) is 3. The first kappa shape index (κ1) is 14.3. The van der Waals surface area contributed by atoms with Crippen LogP contribution in [0.15, 0.2) is 24.3 Å². The van der Waals surface area contributed by atoms with Crippen molar-refractivity contribution in [2.24, 2.45) is 5.73 Å². The third-order valence-electron chi connectivity index (χ3n) is 2.05. The van der Waals surface area contributed by atoms with Crippen LogP contribution in [0, 0.1) is 0 Å². The van der Waals surface area contributed by atoms with Crippen molar-refractivity contribution in [3.8, 4) is 0 Å². The number of ether oxygens (including phenoxy) is 1. The lowest BCUT2D eigenvalue weighted by atomic mass is 10.2. The van der Waals surface area contributed by atoms with Gasteiger partial charge in [-0.2, -0.15) is 13.2 Å². The van der Waals surface area contributed by atoms with Crippen molar-refractivity contribution < 1.29 is 22.7 Å². The molecule has 0 fully saturated rings. The highest BCUT2D eigenvalue weighted by Crippen LogP contribution is 2.34. The van der Waals surface area contributed by atoms with Crippen LogP contribution in [0.3, 0.4) is 0 Å². The smallest absolute Gasteiger partial charge is 0.418 e. The summed E-state index contributed by atoms with van der Waals surface area (Å²) in [6.45, 7) is 0.406. The minimum atomic E-state index is -4.53. The number of rotatable bonds is 4. The zero-order chi connectivity index (χ0) is 13.6. The van der Waals surface area contributed by atoms with E-state index in [-0.39, 0.29) is 12.3 Å². The number of anilines is 1. The third-order valence-corrected chi connectivity index (χ3v) is 2.05. The van der Waals surface area contributed by atoms with Crippen LogP contribution < -0.4 is 11.1 Å². The van der Waals surface area contributed by atoms with Crippen molar-refractivity contribution in [1.29, 1.82) is 0 Å². The second kappa shape index (κ2) is 6.25. The maximum atomic E-state index is 12.6. The average molecular weight is 262 g/mol. The fraction of sp³-hybridized carbons (Fsp3) is 0.364. The van der Waals surface area contributed by atoms with Gasteiger partial charge in [0.15, 0.2) is 0 Å². The van der Waals surface area contributed by atoms with Crippen LogP contribution in [0.5, 0.6) is 0 Å². The van der Waals surface area contributed by atoms with E-state index in [0.717, 1.165) is 12.1 Å². The van der Waals surface area contributed by atoms with Gasteiger partial charge in [0, 0.05) is 0 Å². The number of alkyl halides is 3.